The number of rotatable bonds is 1. The van der Waals surface area contributed by atoms with E-state index in [9.17, 15) is 0 Å². The maximum absolute atomic E-state index is 5.99. The van der Waals surface area contributed by atoms with Crippen molar-refractivity contribution in [3.63, 3.8) is 0 Å². The Kier molecular flexibility index (Phi) is 2.38. The van der Waals surface area contributed by atoms with E-state index in [1.807, 2.05) is 0 Å². The van der Waals surface area contributed by atoms with E-state index in [0.717, 1.165) is 6.42 Å². The third-order valence-corrected chi connectivity index (χ3v) is 2.45. The minimum atomic E-state index is -0.0208. The Morgan fingerprint density at radius 2 is 1.44 bits per heavy atom. The van der Waals surface area contributed by atoms with E-state index in [1.165, 1.54) is 0 Å². The summed E-state index contributed by atoms with van der Waals surface area (Å²) in [4.78, 5) is 0. The molecule has 0 amide bonds. The maximum Gasteiger partial charge on any atom is 0.0749 e. The molecule has 1 heteroatoms. The number of hydrogen-bond donors (Lipinski definition) is 0. The van der Waals surface area contributed by atoms with Crippen molar-refractivity contribution < 1.29 is 0 Å². The molecule has 0 saturated carbocycles. The zero-order chi connectivity index (χ0) is 7.71. The molecule has 0 fully saturated rings. The lowest BCUT2D eigenvalue weighted by Gasteiger charge is -2.38. The fourth-order valence-corrected chi connectivity index (χ4v) is 0.530. The molecule has 0 aromatic rings. The van der Waals surface area contributed by atoms with Crippen molar-refractivity contribution in [2.24, 2.45) is 5.41 Å². The molecule has 1 atom stereocenters. The molecule has 52 valence electrons. The molecular weight excluding hydrogens is 107 g/mol. The van der Waals surface area contributed by atoms with Crippen LogP contribution in [0.1, 0.15) is 41.0 Å². The Hall–Kier alpha value is 0.0649. The molecule has 0 rings (SSSR count). The molecule has 0 aromatic carbocycles. The van der Waals surface area contributed by atoms with Gasteiger partial charge in [-0.2, -0.15) is 0 Å². The van der Waals surface area contributed by atoms with Crippen molar-refractivity contribution in [3.8, 4) is 0 Å². The van der Waals surface area contributed by atoms with Gasteiger partial charge in [0.1, 0.15) is 0 Å². The van der Waals surface area contributed by atoms with Gasteiger partial charge in [0.05, 0.1) is 7.85 Å². The van der Waals surface area contributed by atoms with E-state index in [0.29, 0.717) is 0 Å². The van der Waals surface area contributed by atoms with Crippen LogP contribution in [0.3, 0.4) is 0 Å². The van der Waals surface area contributed by atoms with Crippen molar-refractivity contribution >= 4 is 7.85 Å². The second-order valence-electron chi connectivity index (χ2n) is 4.02. The highest BCUT2D eigenvalue weighted by Gasteiger charge is 2.29. The van der Waals surface area contributed by atoms with Crippen molar-refractivity contribution in [3.05, 3.63) is 0 Å². The molecule has 1 unspecified atom stereocenters. The lowest BCUT2D eigenvalue weighted by molar-refractivity contribution is 0.274. The van der Waals surface area contributed by atoms with Gasteiger partial charge in [0, 0.05) is 0 Å². The van der Waals surface area contributed by atoms with E-state index < -0.39 is 0 Å². The fourth-order valence-electron chi connectivity index (χ4n) is 0.530. The van der Waals surface area contributed by atoms with Gasteiger partial charge in [-0.1, -0.05) is 46.4 Å². The summed E-state index contributed by atoms with van der Waals surface area (Å²) >= 11 is 0. The number of hydrogen-bond acceptors (Lipinski definition) is 0. The van der Waals surface area contributed by atoms with Crippen LogP contribution in [0.4, 0.5) is 0 Å². The molecule has 0 nitrogen and oxygen atoms in total. The van der Waals surface area contributed by atoms with Crippen LogP contribution in [0.25, 0.3) is 0 Å². The highest BCUT2D eigenvalue weighted by Crippen LogP contribution is 2.44. The van der Waals surface area contributed by atoms with Crippen LogP contribution in [-0.2, 0) is 0 Å². The Bertz CT molecular complexity index is 87.2. The molecule has 0 saturated heterocycles. The van der Waals surface area contributed by atoms with Gasteiger partial charge in [0.2, 0.25) is 0 Å². The molecule has 9 heavy (non-hydrogen) atoms. The molecule has 0 aliphatic heterocycles. The van der Waals surface area contributed by atoms with Gasteiger partial charge in [-0.3, -0.25) is 0 Å². The summed E-state index contributed by atoms with van der Waals surface area (Å²) in [6.45, 7) is 10.8. The van der Waals surface area contributed by atoms with Crippen LogP contribution >= 0.6 is 0 Å². The SMILES string of the molecule is [B]C(C)(CC)C(C)(C)C. The minimum Gasteiger partial charge on any atom is -0.0671 e. The van der Waals surface area contributed by atoms with Crippen LogP contribution in [-0.4, -0.2) is 7.85 Å². The second-order valence-corrected chi connectivity index (χ2v) is 4.02. The molecule has 2 radical (unpaired) electrons. The molecule has 0 aliphatic rings. The first kappa shape index (κ1) is 9.06. The van der Waals surface area contributed by atoms with E-state index in [1.54, 1.807) is 0 Å². The zero-order valence-corrected chi connectivity index (χ0v) is 7.28. The molecule has 0 N–H and O–H groups in total. The Balaban J connectivity index is 4.14. The lowest BCUT2D eigenvalue weighted by Crippen LogP contribution is -2.25. The first-order chi connectivity index (χ1) is 3.81. The van der Waals surface area contributed by atoms with Gasteiger partial charge >= 0.3 is 0 Å². The highest BCUT2D eigenvalue weighted by molar-refractivity contribution is 6.15. The molecule has 0 heterocycles. The van der Waals surface area contributed by atoms with E-state index >= 15 is 0 Å². The Morgan fingerprint density at radius 1 is 1.11 bits per heavy atom. The van der Waals surface area contributed by atoms with E-state index in [2.05, 4.69) is 34.6 Å². The van der Waals surface area contributed by atoms with Crippen molar-refractivity contribution in [1.82, 2.24) is 0 Å². The summed E-state index contributed by atoms with van der Waals surface area (Å²) < 4.78 is 0. The first-order valence-electron chi connectivity index (χ1n) is 3.60. The molecule has 0 bridgehead atoms. The van der Waals surface area contributed by atoms with Crippen molar-refractivity contribution in [2.45, 2.75) is 46.4 Å². The third-order valence-electron chi connectivity index (χ3n) is 2.45. The molecular formula is C8H17B. The van der Waals surface area contributed by atoms with Gasteiger partial charge in [0.25, 0.3) is 0 Å². The average Bonchev–Trinajstić information content (AvgIpc) is 1.64. The predicted octanol–water partition coefficient (Wildman–Crippen LogP) is 2.79. The largest absolute Gasteiger partial charge is 0.0749 e. The standard InChI is InChI=1S/C8H17B/c1-6-8(5,9)7(2,3)4/h6H2,1-5H3. The van der Waals surface area contributed by atoms with Crippen LogP contribution in [0.15, 0.2) is 0 Å². The Labute approximate surface area is 60.4 Å². The van der Waals surface area contributed by atoms with E-state index in [-0.39, 0.29) is 10.7 Å². The van der Waals surface area contributed by atoms with E-state index in [4.69, 9.17) is 7.85 Å². The van der Waals surface area contributed by atoms with Gasteiger partial charge < -0.3 is 0 Å². The lowest BCUT2D eigenvalue weighted by atomic mass is 9.54. The summed E-state index contributed by atoms with van der Waals surface area (Å²) in [6, 6.07) is 0. The van der Waals surface area contributed by atoms with Crippen molar-refractivity contribution in [1.29, 1.82) is 0 Å². The zero-order valence-electron chi connectivity index (χ0n) is 7.28. The summed E-state index contributed by atoms with van der Waals surface area (Å²) in [6.07, 6.45) is 1.04. The normalized spacial score (nSPS) is 19.2. The Morgan fingerprint density at radius 3 is 1.44 bits per heavy atom. The van der Waals surface area contributed by atoms with Crippen LogP contribution in [0, 0.1) is 5.41 Å². The predicted molar refractivity (Wildman–Crippen MR) is 43.9 cm³/mol. The van der Waals surface area contributed by atoms with Gasteiger partial charge in [0.15, 0.2) is 0 Å². The van der Waals surface area contributed by atoms with Crippen LogP contribution in [0.5, 0.6) is 0 Å². The van der Waals surface area contributed by atoms with Gasteiger partial charge in [-0.15, -0.1) is 0 Å². The van der Waals surface area contributed by atoms with Gasteiger partial charge in [-0.25, -0.2) is 0 Å². The average molecular weight is 124 g/mol. The second kappa shape index (κ2) is 2.36. The first-order valence-corrected chi connectivity index (χ1v) is 3.60. The maximum atomic E-state index is 5.99. The van der Waals surface area contributed by atoms with Crippen LogP contribution in [0.2, 0.25) is 5.31 Å². The summed E-state index contributed by atoms with van der Waals surface area (Å²) in [7, 11) is 5.99. The topological polar surface area (TPSA) is 0 Å². The summed E-state index contributed by atoms with van der Waals surface area (Å²) in [5.74, 6) is 0. The fraction of sp³-hybridized carbons (Fsp3) is 1.00. The highest BCUT2D eigenvalue weighted by atomic mass is 14.3. The molecule has 0 spiro atoms. The van der Waals surface area contributed by atoms with Crippen LogP contribution < -0.4 is 0 Å². The monoisotopic (exact) mass is 124 g/mol. The minimum absolute atomic E-state index is 0.0208. The van der Waals surface area contributed by atoms with Gasteiger partial charge in [-0.05, 0) is 5.41 Å². The third kappa shape index (κ3) is 2.04. The smallest absolute Gasteiger partial charge is 0.0671 e. The summed E-state index contributed by atoms with van der Waals surface area (Å²) in [5, 5.41) is -0.0208. The quantitative estimate of drug-likeness (QED) is 0.471. The molecule has 0 aromatic heterocycles. The summed E-state index contributed by atoms with van der Waals surface area (Å²) in [5.41, 5.74) is 0.224. The van der Waals surface area contributed by atoms with Crippen molar-refractivity contribution in [2.75, 3.05) is 0 Å². The molecule has 0 aliphatic carbocycles.